The summed E-state index contributed by atoms with van der Waals surface area (Å²) in [6.07, 6.45) is 1.94. The first-order valence-corrected chi connectivity index (χ1v) is 9.78. The first-order valence-electron chi connectivity index (χ1n) is 9.78. The van der Waals surface area contributed by atoms with Crippen molar-refractivity contribution in [2.75, 3.05) is 19.7 Å². The molecular weight excluding hydrogens is 354 g/mol. The summed E-state index contributed by atoms with van der Waals surface area (Å²) in [7, 11) is 0. The Kier molecular flexibility index (Phi) is 6.34. The molecule has 0 radical (unpaired) electrons. The molecule has 148 valence electrons. The van der Waals surface area contributed by atoms with E-state index in [1.54, 1.807) is 4.90 Å². The van der Waals surface area contributed by atoms with Crippen molar-refractivity contribution in [1.29, 1.82) is 0 Å². The van der Waals surface area contributed by atoms with E-state index in [0.717, 1.165) is 16.9 Å². The van der Waals surface area contributed by atoms with Gasteiger partial charge in [-0.05, 0) is 43.4 Å². The summed E-state index contributed by atoms with van der Waals surface area (Å²) in [6.45, 7) is 3.43. The van der Waals surface area contributed by atoms with Crippen LogP contribution in [0.3, 0.4) is 0 Å². The van der Waals surface area contributed by atoms with Crippen molar-refractivity contribution in [2.45, 2.75) is 38.0 Å². The predicted molar refractivity (Wildman–Crippen MR) is 107 cm³/mol. The lowest BCUT2D eigenvalue weighted by atomic mass is 9.73. The number of likely N-dealkylation sites (tertiary alicyclic amines) is 1. The summed E-state index contributed by atoms with van der Waals surface area (Å²) in [6, 6.07) is 17.2. The zero-order valence-electron chi connectivity index (χ0n) is 16.3. The van der Waals surface area contributed by atoms with E-state index in [2.05, 4.69) is 0 Å². The van der Waals surface area contributed by atoms with Gasteiger partial charge in [0.2, 0.25) is 5.91 Å². The molecule has 1 N–H and O–H groups in total. The Labute approximate surface area is 165 Å². The highest BCUT2D eigenvalue weighted by Gasteiger charge is 2.43. The minimum atomic E-state index is -0.897. The minimum absolute atomic E-state index is 0.0698. The van der Waals surface area contributed by atoms with E-state index in [9.17, 15) is 14.7 Å². The van der Waals surface area contributed by atoms with Crippen LogP contribution in [-0.2, 0) is 15.0 Å². The summed E-state index contributed by atoms with van der Waals surface area (Å²) in [4.78, 5) is 26.3. The van der Waals surface area contributed by atoms with Crippen LogP contribution in [-0.4, -0.2) is 41.6 Å². The standard InChI is InChI=1S/C23H27NO4/c1-18-8-5-6-11-20(18)28-17-7-12-21(25)24-15-13-23(14-16-24,22(26)27)19-9-3-2-4-10-19/h2-6,8-11H,7,12-17H2,1H3,(H,26,27). The SMILES string of the molecule is Cc1ccccc1OCCCC(=O)N1CCC(C(=O)O)(c2ccccc2)CC1. The number of aryl methyl sites for hydroxylation is 1. The van der Waals surface area contributed by atoms with Crippen LogP contribution in [0.15, 0.2) is 54.6 Å². The maximum absolute atomic E-state index is 12.5. The molecule has 0 aromatic heterocycles. The molecule has 1 fully saturated rings. The zero-order chi connectivity index (χ0) is 20.0. The Morgan fingerprint density at radius 3 is 2.32 bits per heavy atom. The van der Waals surface area contributed by atoms with Crippen LogP contribution in [0, 0.1) is 6.92 Å². The van der Waals surface area contributed by atoms with Gasteiger partial charge in [0.1, 0.15) is 5.75 Å². The lowest BCUT2D eigenvalue weighted by Gasteiger charge is -2.39. The summed E-state index contributed by atoms with van der Waals surface area (Å²) >= 11 is 0. The molecule has 2 aromatic carbocycles. The maximum Gasteiger partial charge on any atom is 0.314 e. The first-order chi connectivity index (χ1) is 13.5. The van der Waals surface area contributed by atoms with Crippen molar-refractivity contribution in [3.63, 3.8) is 0 Å². The number of rotatable bonds is 7. The van der Waals surface area contributed by atoms with Crippen LogP contribution in [0.1, 0.15) is 36.8 Å². The molecule has 2 aromatic rings. The van der Waals surface area contributed by atoms with Crippen molar-refractivity contribution in [3.05, 3.63) is 65.7 Å². The van der Waals surface area contributed by atoms with E-state index >= 15 is 0 Å². The summed E-state index contributed by atoms with van der Waals surface area (Å²) in [5, 5.41) is 9.85. The van der Waals surface area contributed by atoms with Gasteiger partial charge in [0.25, 0.3) is 0 Å². The molecule has 1 aliphatic heterocycles. The topological polar surface area (TPSA) is 66.8 Å². The van der Waals surface area contributed by atoms with Crippen LogP contribution in [0.5, 0.6) is 5.75 Å². The number of nitrogens with zero attached hydrogens (tertiary/aromatic N) is 1. The Bertz CT molecular complexity index is 810. The quantitative estimate of drug-likeness (QED) is 0.741. The van der Waals surface area contributed by atoms with E-state index in [0.29, 0.717) is 45.4 Å². The lowest BCUT2D eigenvalue weighted by molar-refractivity contribution is -0.148. The number of hydrogen-bond donors (Lipinski definition) is 1. The number of carboxylic acid groups (broad SMARTS) is 1. The second kappa shape index (κ2) is 8.91. The van der Waals surface area contributed by atoms with Gasteiger partial charge in [0.05, 0.1) is 12.0 Å². The fourth-order valence-corrected chi connectivity index (χ4v) is 3.80. The normalized spacial score (nSPS) is 15.8. The van der Waals surface area contributed by atoms with Crippen LogP contribution >= 0.6 is 0 Å². The number of carboxylic acids is 1. The fraction of sp³-hybridized carbons (Fsp3) is 0.391. The van der Waals surface area contributed by atoms with Crippen LogP contribution in [0.25, 0.3) is 0 Å². The number of benzene rings is 2. The molecule has 1 amide bonds. The molecular formula is C23H27NO4. The maximum atomic E-state index is 12.5. The molecule has 5 nitrogen and oxygen atoms in total. The Morgan fingerprint density at radius 1 is 1.04 bits per heavy atom. The number of carbonyl (C=O) groups excluding carboxylic acids is 1. The van der Waals surface area contributed by atoms with Crippen LogP contribution in [0.2, 0.25) is 0 Å². The molecule has 1 heterocycles. The highest BCUT2D eigenvalue weighted by molar-refractivity contribution is 5.82. The summed E-state index contributed by atoms with van der Waals surface area (Å²) in [5.74, 6) is 0.111. The second-order valence-corrected chi connectivity index (χ2v) is 7.35. The second-order valence-electron chi connectivity index (χ2n) is 7.35. The number of piperidine rings is 1. The van der Waals surface area contributed by atoms with Gasteiger partial charge in [-0.15, -0.1) is 0 Å². The molecule has 0 aliphatic carbocycles. The van der Waals surface area contributed by atoms with Gasteiger partial charge < -0.3 is 14.7 Å². The van der Waals surface area contributed by atoms with Gasteiger partial charge >= 0.3 is 5.97 Å². The Hall–Kier alpha value is -2.82. The zero-order valence-corrected chi connectivity index (χ0v) is 16.3. The highest BCUT2D eigenvalue weighted by Crippen LogP contribution is 2.36. The van der Waals surface area contributed by atoms with E-state index in [1.165, 1.54) is 0 Å². The van der Waals surface area contributed by atoms with E-state index in [4.69, 9.17) is 4.74 Å². The van der Waals surface area contributed by atoms with E-state index in [-0.39, 0.29) is 5.91 Å². The third-order valence-electron chi connectivity index (χ3n) is 5.59. The van der Waals surface area contributed by atoms with Crippen LogP contribution in [0.4, 0.5) is 0 Å². The summed E-state index contributed by atoms with van der Waals surface area (Å²) < 4.78 is 5.75. The Morgan fingerprint density at radius 2 is 1.68 bits per heavy atom. The molecule has 1 saturated heterocycles. The highest BCUT2D eigenvalue weighted by atomic mass is 16.5. The number of aliphatic carboxylic acids is 1. The van der Waals surface area contributed by atoms with Crippen molar-refractivity contribution >= 4 is 11.9 Å². The smallest absolute Gasteiger partial charge is 0.314 e. The molecule has 28 heavy (non-hydrogen) atoms. The first kappa shape index (κ1) is 19.9. The predicted octanol–water partition coefficient (Wildman–Crippen LogP) is 3.80. The molecule has 0 unspecified atom stereocenters. The molecule has 3 rings (SSSR count). The van der Waals surface area contributed by atoms with Gasteiger partial charge in [-0.1, -0.05) is 48.5 Å². The largest absolute Gasteiger partial charge is 0.493 e. The van der Waals surface area contributed by atoms with Gasteiger partial charge in [0.15, 0.2) is 0 Å². The molecule has 0 atom stereocenters. The van der Waals surface area contributed by atoms with Crippen molar-refractivity contribution < 1.29 is 19.4 Å². The number of ether oxygens (including phenoxy) is 1. The molecule has 5 heteroatoms. The van der Waals surface area contributed by atoms with Gasteiger partial charge in [0, 0.05) is 19.5 Å². The van der Waals surface area contributed by atoms with Crippen molar-refractivity contribution in [2.24, 2.45) is 0 Å². The third kappa shape index (κ3) is 4.35. The average molecular weight is 381 g/mol. The molecule has 1 aliphatic rings. The van der Waals surface area contributed by atoms with Gasteiger partial charge in [-0.2, -0.15) is 0 Å². The Balaban J connectivity index is 1.49. The van der Waals surface area contributed by atoms with Gasteiger partial charge in [-0.3, -0.25) is 9.59 Å². The van der Waals surface area contributed by atoms with Crippen molar-refractivity contribution in [3.8, 4) is 5.75 Å². The summed E-state index contributed by atoms with van der Waals surface area (Å²) in [5.41, 5.74) is 1.00. The van der Waals surface area contributed by atoms with E-state index < -0.39 is 11.4 Å². The number of para-hydroxylation sites is 1. The number of hydrogen-bond acceptors (Lipinski definition) is 3. The van der Waals surface area contributed by atoms with Gasteiger partial charge in [-0.25, -0.2) is 0 Å². The number of carbonyl (C=O) groups is 2. The minimum Gasteiger partial charge on any atom is -0.493 e. The van der Waals surface area contributed by atoms with E-state index in [1.807, 2.05) is 61.5 Å². The van der Waals surface area contributed by atoms with Crippen molar-refractivity contribution in [1.82, 2.24) is 4.90 Å². The molecule has 0 saturated carbocycles. The monoisotopic (exact) mass is 381 g/mol. The van der Waals surface area contributed by atoms with Crippen LogP contribution < -0.4 is 4.74 Å². The average Bonchev–Trinajstić information content (AvgIpc) is 2.73. The molecule has 0 bridgehead atoms. The number of amides is 1. The fourth-order valence-electron chi connectivity index (χ4n) is 3.80. The lowest BCUT2D eigenvalue weighted by Crippen LogP contribution is -2.49. The molecule has 0 spiro atoms. The third-order valence-corrected chi connectivity index (χ3v) is 5.59.